The highest BCUT2D eigenvalue weighted by atomic mass is 16.6. The number of amides is 1. The minimum Gasteiger partial charge on any atom is -0.479 e. The second-order valence-electron chi connectivity index (χ2n) is 6.08. The molecule has 5 nitrogen and oxygen atoms in total. The molecule has 0 saturated carbocycles. The van der Waals surface area contributed by atoms with E-state index in [1.165, 1.54) is 4.90 Å². The van der Waals surface area contributed by atoms with Crippen molar-refractivity contribution in [3.63, 3.8) is 0 Å². The van der Waals surface area contributed by atoms with Crippen molar-refractivity contribution in [2.75, 3.05) is 4.90 Å². The quantitative estimate of drug-likeness (QED) is 0.936. The third kappa shape index (κ3) is 2.85. The van der Waals surface area contributed by atoms with Gasteiger partial charge in [0.1, 0.15) is 12.1 Å². The van der Waals surface area contributed by atoms with E-state index in [1.807, 2.05) is 42.5 Å². The second kappa shape index (κ2) is 6.35. The lowest BCUT2D eigenvalue weighted by molar-refractivity contribution is -0.143. The van der Waals surface area contributed by atoms with Crippen LogP contribution in [0.5, 0.6) is 0 Å². The van der Waals surface area contributed by atoms with Crippen molar-refractivity contribution in [2.24, 2.45) is 0 Å². The summed E-state index contributed by atoms with van der Waals surface area (Å²) < 4.78 is 5.39. The van der Waals surface area contributed by atoms with Gasteiger partial charge in [-0.15, -0.1) is 0 Å². The second-order valence-corrected chi connectivity index (χ2v) is 6.08. The molecule has 1 N–H and O–H groups in total. The number of carbonyl (C=O) groups is 2. The number of benzene rings is 2. The molecule has 0 fully saturated rings. The summed E-state index contributed by atoms with van der Waals surface area (Å²) in [6, 6.07) is 16.7. The molecule has 5 heteroatoms. The number of fused-ring (bicyclic) bond motifs is 1. The number of anilines is 1. The molecule has 24 heavy (non-hydrogen) atoms. The predicted octanol–water partition coefficient (Wildman–Crippen LogP) is 3.62. The summed E-state index contributed by atoms with van der Waals surface area (Å²) in [6.45, 7) is 1.67. The number of aryl methyl sites for hydroxylation is 1. The van der Waals surface area contributed by atoms with Gasteiger partial charge in [-0.2, -0.15) is 0 Å². The van der Waals surface area contributed by atoms with Crippen LogP contribution < -0.4 is 4.90 Å². The summed E-state index contributed by atoms with van der Waals surface area (Å²) in [5, 5.41) is 9.68. The Morgan fingerprint density at radius 3 is 2.50 bits per heavy atom. The van der Waals surface area contributed by atoms with Crippen molar-refractivity contribution < 1.29 is 19.4 Å². The summed E-state index contributed by atoms with van der Waals surface area (Å²) in [5.41, 5.74) is 1.09. The lowest BCUT2D eigenvalue weighted by Gasteiger charge is -2.41. The molecule has 0 aliphatic carbocycles. The van der Waals surface area contributed by atoms with Crippen molar-refractivity contribution in [3.8, 4) is 0 Å². The number of rotatable bonds is 3. The number of aliphatic carboxylic acids is 1. The molecule has 1 heterocycles. The summed E-state index contributed by atoms with van der Waals surface area (Å²) in [4.78, 5) is 25.8. The Bertz CT molecular complexity index is 759. The molecule has 0 spiro atoms. The molecule has 0 radical (unpaired) electrons. The Labute approximate surface area is 140 Å². The minimum atomic E-state index is -1.32. The monoisotopic (exact) mass is 325 g/mol. The molecule has 2 aromatic carbocycles. The van der Waals surface area contributed by atoms with Crippen LogP contribution in [0.15, 0.2) is 54.6 Å². The van der Waals surface area contributed by atoms with E-state index >= 15 is 0 Å². The molecule has 1 aliphatic heterocycles. The Kier molecular flexibility index (Phi) is 4.25. The first-order chi connectivity index (χ1) is 11.5. The number of carbonyl (C=O) groups excluding carboxylic acids is 1. The number of para-hydroxylation sites is 1. The average Bonchev–Trinajstić information content (AvgIpc) is 2.60. The molecule has 3 rings (SSSR count). The molecule has 124 valence electrons. The number of nitrogens with zero attached hydrogens (tertiary/aromatic N) is 1. The third-order valence-electron chi connectivity index (χ3n) is 4.46. The van der Waals surface area contributed by atoms with Gasteiger partial charge in [0.25, 0.3) is 0 Å². The molecule has 0 aromatic heterocycles. The van der Waals surface area contributed by atoms with Crippen LogP contribution in [-0.2, 0) is 22.6 Å². The van der Waals surface area contributed by atoms with Gasteiger partial charge in [0.2, 0.25) is 0 Å². The molecule has 1 aliphatic rings. The van der Waals surface area contributed by atoms with Crippen LogP contribution in [0.1, 0.15) is 24.5 Å². The maximum absolute atomic E-state index is 12.7. The molecule has 1 unspecified atom stereocenters. The van der Waals surface area contributed by atoms with Crippen LogP contribution in [0.25, 0.3) is 0 Å². The zero-order chi connectivity index (χ0) is 17.2. The number of ether oxygens (including phenoxy) is 1. The topological polar surface area (TPSA) is 66.8 Å². The Morgan fingerprint density at radius 2 is 1.79 bits per heavy atom. The molecule has 1 amide bonds. The summed E-state index contributed by atoms with van der Waals surface area (Å²) in [6.07, 6.45) is 0.317. The highest BCUT2D eigenvalue weighted by molar-refractivity contribution is 5.99. The fourth-order valence-corrected chi connectivity index (χ4v) is 2.98. The smallest absolute Gasteiger partial charge is 0.415 e. The van der Waals surface area contributed by atoms with Crippen LogP contribution in [0.2, 0.25) is 0 Å². The Balaban J connectivity index is 1.89. The summed E-state index contributed by atoms with van der Waals surface area (Å²) >= 11 is 0. The molecular weight excluding hydrogens is 306 g/mol. The maximum Gasteiger partial charge on any atom is 0.415 e. The van der Waals surface area contributed by atoms with Crippen molar-refractivity contribution >= 4 is 17.7 Å². The van der Waals surface area contributed by atoms with E-state index in [4.69, 9.17) is 4.74 Å². The highest BCUT2D eigenvalue weighted by Gasteiger charge is 2.47. The van der Waals surface area contributed by atoms with E-state index in [2.05, 4.69) is 0 Å². The van der Waals surface area contributed by atoms with E-state index in [9.17, 15) is 14.7 Å². The molecular formula is C19H19NO4. The van der Waals surface area contributed by atoms with E-state index in [0.717, 1.165) is 11.1 Å². The SMILES string of the molecule is CC1(C(=O)O)CCc2ccccc2N1C(=O)OCc1ccccc1. The van der Waals surface area contributed by atoms with Crippen molar-refractivity contribution in [1.29, 1.82) is 0 Å². The molecule has 1 atom stereocenters. The van der Waals surface area contributed by atoms with Gasteiger partial charge in [0.05, 0.1) is 5.69 Å². The van der Waals surface area contributed by atoms with Crippen LogP contribution in [0, 0.1) is 0 Å². The zero-order valence-corrected chi connectivity index (χ0v) is 13.4. The van der Waals surface area contributed by atoms with Gasteiger partial charge in [-0.1, -0.05) is 48.5 Å². The van der Waals surface area contributed by atoms with E-state index in [1.54, 1.807) is 19.1 Å². The van der Waals surface area contributed by atoms with Gasteiger partial charge in [0, 0.05) is 0 Å². The predicted molar refractivity (Wildman–Crippen MR) is 89.9 cm³/mol. The van der Waals surface area contributed by atoms with Crippen molar-refractivity contribution in [3.05, 3.63) is 65.7 Å². The van der Waals surface area contributed by atoms with Gasteiger partial charge in [0.15, 0.2) is 0 Å². The number of hydrogen-bond donors (Lipinski definition) is 1. The maximum atomic E-state index is 12.7. The van der Waals surface area contributed by atoms with E-state index in [0.29, 0.717) is 18.5 Å². The fraction of sp³-hybridized carbons (Fsp3) is 0.263. The first kappa shape index (κ1) is 16.1. The molecule has 0 saturated heterocycles. The third-order valence-corrected chi connectivity index (χ3v) is 4.46. The number of hydrogen-bond acceptors (Lipinski definition) is 3. The van der Waals surface area contributed by atoms with Crippen LogP contribution in [0.3, 0.4) is 0 Å². The summed E-state index contributed by atoms with van der Waals surface area (Å²) in [5.74, 6) is -1.03. The first-order valence-corrected chi connectivity index (χ1v) is 7.84. The zero-order valence-electron chi connectivity index (χ0n) is 13.4. The highest BCUT2D eigenvalue weighted by Crippen LogP contribution is 2.37. The average molecular weight is 325 g/mol. The van der Waals surface area contributed by atoms with Gasteiger partial charge >= 0.3 is 12.1 Å². The Hall–Kier alpha value is -2.82. The Morgan fingerprint density at radius 1 is 1.12 bits per heavy atom. The van der Waals surface area contributed by atoms with Crippen molar-refractivity contribution in [1.82, 2.24) is 0 Å². The minimum absolute atomic E-state index is 0.105. The largest absolute Gasteiger partial charge is 0.479 e. The van der Waals surface area contributed by atoms with E-state index in [-0.39, 0.29) is 6.61 Å². The molecule has 0 bridgehead atoms. The number of carboxylic acid groups (broad SMARTS) is 1. The standard InChI is InChI=1S/C19H19NO4/c1-19(17(21)22)12-11-15-9-5-6-10-16(15)20(19)18(23)24-13-14-7-3-2-4-8-14/h2-10H,11-13H2,1H3,(H,21,22). The number of carboxylic acids is 1. The lowest BCUT2D eigenvalue weighted by atomic mass is 9.86. The fourth-order valence-electron chi connectivity index (χ4n) is 2.98. The van der Waals surface area contributed by atoms with Gasteiger partial charge in [-0.3, -0.25) is 4.90 Å². The van der Waals surface area contributed by atoms with Crippen LogP contribution in [-0.4, -0.2) is 22.7 Å². The summed E-state index contributed by atoms with van der Waals surface area (Å²) in [7, 11) is 0. The van der Waals surface area contributed by atoms with Gasteiger partial charge < -0.3 is 9.84 Å². The van der Waals surface area contributed by atoms with Crippen LogP contribution in [0.4, 0.5) is 10.5 Å². The van der Waals surface area contributed by atoms with Gasteiger partial charge in [-0.25, -0.2) is 9.59 Å². The first-order valence-electron chi connectivity index (χ1n) is 7.84. The van der Waals surface area contributed by atoms with Crippen LogP contribution >= 0.6 is 0 Å². The normalized spacial score (nSPS) is 19.5. The van der Waals surface area contributed by atoms with E-state index < -0.39 is 17.6 Å². The van der Waals surface area contributed by atoms with Crippen molar-refractivity contribution in [2.45, 2.75) is 31.9 Å². The molecule has 2 aromatic rings. The van der Waals surface area contributed by atoms with Gasteiger partial charge in [-0.05, 0) is 37.0 Å². The lowest BCUT2D eigenvalue weighted by Crippen LogP contribution is -2.58.